The van der Waals surface area contributed by atoms with E-state index in [2.05, 4.69) is 33.0 Å². The fourth-order valence-corrected chi connectivity index (χ4v) is 3.84. The molecule has 1 aromatic heterocycles. The zero-order chi connectivity index (χ0) is 14.2. The van der Waals surface area contributed by atoms with Crippen LogP contribution in [0.3, 0.4) is 0 Å². The number of hydrogen-bond acceptors (Lipinski definition) is 4. The summed E-state index contributed by atoms with van der Waals surface area (Å²) in [6, 6.07) is 9.00. The Balaban J connectivity index is 1.66. The molecule has 110 valence electrons. The van der Waals surface area contributed by atoms with Crippen LogP contribution >= 0.6 is 0 Å². The van der Waals surface area contributed by atoms with Gasteiger partial charge in [-0.3, -0.25) is 9.88 Å². The maximum Gasteiger partial charge on any atom is 0.0745 e. The van der Waals surface area contributed by atoms with E-state index < -0.39 is 0 Å². The maximum absolute atomic E-state index is 6.25. The maximum atomic E-state index is 6.25. The second kappa shape index (κ2) is 5.19. The van der Waals surface area contributed by atoms with E-state index in [0.717, 1.165) is 24.3 Å². The lowest BCUT2D eigenvalue weighted by atomic mass is 10.1. The minimum atomic E-state index is 0.693. The first kappa shape index (κ1) is 12.9. The number of anilines is 2. The van der Waals surface area contributed by atoms with Gasteiger partial charge in [0.25, 0.3) is 0 Å². The molecule has 0 amide bonds. The number of pyridine rings is 1. The molecular formula is C17H22N4. The van der Waals surface area contributed by atoms with Crippen LogP contribution in [-0.4, -0.2) is 42.1 Å². The van der Waals surface area contributed by atoms with Crippen molar-refractivity contribution in [2.24, 2.45) is 0 Å². The van der Waals surface area contributed by atoms with Crippen LogP contribution < -0.4 is 10.6 Å². The van der Waals surface area contributed by atoms with E-state index in [1.165, 1.54) is 43.4 Å². The first-order chi connectivity index (χ1) is 10.3. The minimum absolute atomic E-state index is 0.693. The molecule has 4 nitrogen and oxygen atoms in total. The van der Waals surface area contributed by atoms with Crippen LogP contribution in [0.25, 0.3) is 10.9 Å². The van der Waals surface area contributed by atoms with E-state index in [4.69, 9.17) is 5.73 Å². The number of nitrogen functional groups attached to an aromatic ring is 1. The zero-order valence-electron chi connectivity index (χ0n) is 12.3. The van der Waals surface area contributed by atoms with E-state index in [-0.39, 0.29) is 0 Å². The van der Waals surface area contributed by atoms with E-state index in [1.807, 2.05) is 6.07 Å². The first-order valence-electron chi connectivity index (χ1n) is 7.95. The largest absolute Gasteiger partial charge is 0.396 e. The predicted molar refractivity (Wildman–Crippen MR) is 87.6 cm³/mol. The fourth-order valence-electron chi connectivity index (χ4n) is 3.84. The highest BCUT2D eigenvalue weighted by molar-refractivity contribution is 5.97. The van der Waals surface area contributed by atoms with Gasteiger partial charge in [0.15, 0.2) is 0 Å². The molecule has 2 N–H and O–H groups in total. The van der Waals surface area contributed by atoms with Crippen molar-refractivity contribution in [3.63, 3.8) is 0 Å². The molecule has 1 unspecified atom stereocenters. The van der Waals surface area contributed by atoms with Gasteiger partial charge in [0.2, 0.25) is 0 Å². The van der Waals surface area contributed by atoms with Gasteiger partial charge in [-0.15, -0.1) is 0 Å². The number of nitrogens with zero attached hydrogens (tertiary/aromatic N) is 3. The number of nitrogens with two attached hydrogens (primary N) is 1. The van der Waals surface area contributed by atoms with Gasteiger partial charge in [-0.2, -0.15) is 0 Å². The molecule has 1 aromatic carbocycles. The third-order valence-corrected chi connectivity index (χ3v) is 4.91. The lowest BCUT2D eigenvalue weighted by molar-refractivity contribution is 0.260. The number of rotatable bonds is 2. The predicted octanol–water partition coefficient (Wildman–Crippen LogP) is 2.49. The van der Waals surface area contributed by atoms with Crippen LogP contribution in [0.2, 0.25) is 0 Å². The average Bonchev–Trinajstić information content (AvgIpc) is 3.18. The Morgan fingerprint density at radius 3 is 2.76 bits per heavy atom. The number of benzene rings is 1. The van der Waals surface area contributed by atoms with E-state index >= 15 is 0 Å². The van der Waals surface area contributed by atoms with E-state index in [0.29, 0.717) is 6.04 Å². The number of likely N-dealkylation sites (tertiary alicyclic amines) is 1. The highest BCUT2D eigenvalue weighted by Crippen LogP contribution is 2.34. The van der Waals surface area contributed by atoms with E-state index in [9.17, 15) is 0 Å². The molecule has 2 saturated heterocycles. The van der Waals surface area contributed by atoms with Gasteiger partial charge in [0.05, 0.1) is 23.1 Å². The Hall–Kier alpha value is -1.81. The Labute approximate surface area is 125 Å². The first-order valence-corrected chi connectivity index (χ1v) is 7.95. The molecule has 2 aromatic rings. The summed E-state index contributed by atoms with van der Waals surface area (Å²) >= 11 is 0. The molecular weight excluding hydrogens is 260 g/mol. The minimum Gasteiger partial charge on any atom is -0.396 e. The molecule has 4 heteroatoms. The lowest BCUT2D eigenvalue weighted by Crippen LogP contribution is -2.35. The van der Waals surface area contributed by atoms with Crippen LogP contribution in [0.1, 0.15) is 19.3 Å². The molecule has 1 atom stereocenters. The third kappa shape index (κ3) is 2.23. The summed E-state index contributed by atoms with van der Waals surface area (Å²) < 4.78 is 0. The average molecular weight is 282 g/mol. The Kier molecular flexibility index (Phi) is 3.19. The second-order valence-electron chi connectivity index (χ2n) is 6.21. The molecule has 0 saturated carbocycles. The molecule has 21 heavy (non-hydrogen) atoms. The summed E-state index contributed by atoms with van der Waals surface area (Å²) in [5, 5.41) is 1.18. The van der Waals surface area contributed by atoms with Gasteiger partial charge < -0.3 is 10.6 Å². The van der Waals surface area contributed by atoms with Crippen molar-refractivity contribution in [2.45, 2.75) is 25.3 Å². The zero-order valence-corrected chi connectivity index (χ0v) is 12.3. The van der Waals surface area contributed by atoms with Crippen LogP contribution in [-0.2, 0) is 0 Å². The third-order valence-electron chi connectivity index (χ3n) is 4.91. The number of hydrogen-bond donors (Lipinski definition) is 1. The molecule has 3 heterocycles. The van der Waals surface area contributed by atoms with Gasteiger partial charge in [-0.05, 0) is 38.4 Å². The van der Waals surface area contributed by atoms with E-state index in [1.54, 1.807) is 6.20 Å². The van der Waals surface area contributed by atoms with Gasteiger partial charge in [-0.1, -0.05) is 18.2 Å². The normalized spacial score (nSPS) is 23.2. The summed E-state index contributed by atoms with van der Waals surface area (Å²) in [5.41, 5.74) is 9.27. The molecule has 2 aliphatic heterocycles. The van der Waals surface area contributed by atoms with Crippen LogP contribution in [0, 0.1) is 0 Å². The fraction of sp³-hybridized carbons (Fsp3) is 0.471. The van der Waals surface area contributed by atoms with Crippen molar-refractivity contribution in [3.8, 4) is 0 Å². The quantitative estimate of drug-likeness (QED) is 0.919. The van der Waals surface area contributed by atoms with Gasteiger partial charge >= 0.3 is 0 Å². The van der Waals surface area contributed by atoms with Crippen molar-refractivity contribution in [2.75, 3.05) is 36.8 Å². The molecule has 0 spiro atoms. The van der Waals surface area contributed by atoms with Crippen molar-refractivity contribution in [1.82, 2.24) is 9.88 Å². The summed E-state index contributed by atoms with van der Waals surface area (Å²) in [7, 11) is 0. The Morgan fingerprint density at radius 2 is 1.90 bits per heavy atom. The smallest absolute Gasteiger partial charge is 0.0745 e. The van der Waals surface area contributed by atoms with Gasteiger partial charge in [0, 0.05) is 24.5 Å². The molecule has 2 fully saturated rings. The molecule has 2 aliphatic rings. The number of fused-ring (bicyclic) bond motifs is 1. The van der Waals surface area contributed by atoms with Crippen molar-refractivity contribution >= 4 is 22.3 Å². The summed E-state index contributed by atoms with van der Waals surface area (Å²) in [5.74, 6) is 0. The Bertz CT molecular complexity index is 648. The van der Waals surface area contributed by atoms with Crippen molar-refractivity contribution in [3.05, 3.63) is 30.5 Å². The van der Waals surface area contributed by atoms with Gasteiger partial charge in [0.1, 0.15) is 0 Å². The number of para-hydroxylation sites is 1. The summed E-state index contributed by atoms with van der Waals surface area (Å²) in [4.78, 5) is 9.56. The summed E-state index contributed by atoms with van der Waals surface area (Å²) in [6.45, 7) is 4.73. The van der Waals surface area contributed by atoms with Crippen LogP contribution in [0.15, 0.2) is 30.5 Å². The molecule has 0 aliphatic carbocycles. The van der Waals surface area contributed by atoms with Crippen molar-refractivity contribution < 1.29 is 0 Å². The van der Waals surface area contributed by atoms with Gasteiger partial charge in [-0.25, -0.2) is 0 Å². The molecule has 0 bridgehead atoms. The standard InChI is InChI=1S/C17H22N4/c18-15-11-19-16-6-2-1-5-14(16)17(15)21-10-7-13(12-21)20-8-3-4-9-20/h1-2,5-6,11,13H,3-4,7-10,12,18H2. The topological polar surface area (TPSA) is 45.4 Å². The molecule has 0 radical (unpaired) electrons. The Morgan fingerprint density at radius 1 is 1.10 bits per heavy atom. The lowest BCUT2D eigenvalue weighted by Gasteiger charge is -2.25. The van der Waals surface area contributed by atoms with Crippen LogP contribution in [0.4, 0.5) is 11.4 Å². The van der Waals surface area contributed by atoms with Crippen molar-refractivity contribution in [1.29, 1.82) is 0 Å². The van der Waals surface area contributed by atoms with Crippen LogP contribution in [0.5, 0.6) is 0 Å². The highest BCUT2D eigenvalue weighted by Gasteiger charge is 2.30. The number of aromatic nitrogens is 1. The monoisotopic (exact) mass is 282 g/mol. The molecule has 4 rings (SSSR count). The highest BCUT2D eigenvalue weighted by atomic mass is 15.3. The second-order valence-corrected chi connectivity index (χ2v) is 6.21. The SMILES string of the molecule is Nc1cnc2ccccc2c1N1CCC(N2CCCC2)C1. The summed E-state index contributed by atoms with van der Waals surface area (Å²) in [6.07, 6.45) is 5.77.